The summed E-state index contributed by atoms with van der Waals surface area (Å²) >= 11 is 0. The number of rotatable bonds is 7. The molecule has 16 heavy (non-hydrogen) atoms. The topological polar surface area (TPSA) is 41.3 Å². The van der Waals surface area contributed by atoms with Crippen molar-refractivity contribution in [3.8, 4) is 0 Å². The van der Waals surface area contributed by atoms with Gasteiger partial charge in [0, 0.05) is 26.2 Å². The molecule has 0 saturated carbocycles. The van der Waals surface area contributed by atoms with Gasteiger partial charge in [0.1, 0.15) is 0 Å². The Labute approximate surface area is 97.9 Å². The Morgan fingerprint density at radius 2 is 2.12 bits per heavy atom. The molecule has 0 spiro atoms. The van der Waals surface area contributed by atoms with Gasteiger partial charge in [-0.2, -0.15) is 5.10 Å². The van der Waals surface area contributed by atoms with E-state index in [2.05, 4.69) is 23.8 Å². The molecular weight excluding hydrogens is 202 g/mol. The number of aliphatic hydroxyl groups is 1. The Morgan fingerprint density at radius 3 is 2.62 bits per heavy atom. The molecule has 0 aliphatic rings. The van der Waals surface area contributed by atoms with Crippen molar-refractivity contribution >= 4 is 0 Å². The molecule has 1 rings (SSSR count). The lowest BCUT2D eigenvalue weighted by Crippen LogP contribution is -2.27. The highest BCUT2D eigenvalue weighted by molar-refractivity contribution is 5.00. The highest BCUT2D eigenvalue weighted by atomic mass is 16.3. The van der Waals surface area contributed by atoms with Crippen molar-refractivity contribution < 1.29 is 5.11 Å². The number of hydrogen-bond acceptors (Lipinski definition) is 3. The normalized spacial score (nSPS) is 13.3. The van der Waals surface area contributed by atoms with Crippen molar-refractivity contribution in [3.05, 3.63) is 18.0 Å². The van der Waals surface area contributed by atoms with Crippen LogP contribution in [0.5, 0.6) is 0 Å². The summed E-state index contributed by atoms with van der Waals surface area (Å²) in [5.41, 5.74) is 0.967. The molecule has 0 aliphatic heterocycles. The van der Waals surface area contributed by atoms with E-state index in [-0.39, 0.29) is 6.10 Å². The van der Waals surface area contributed by atoms with Crippen LogP contribution in [0.1, 0.15) is 26.0 Å². The van der Waals surface area contributed by atoms with Crippen LogP contribution in [0.25, 0.3) is 0 Å². The second-order valence-corrected chi connectivity index (χ2v) is 4.15. The quantitative estimate of drug-likeness (QED) is 0.754. The van der Waals surface area contributed by atoms with Gasteiger partial charge in [-0.1, -0.05) is 13.8 Å². The van der Waals surface area contributed by atoms with Crippen molar-refractivity contribution in [3.63, 3.8) is 0 Å². The van der Waals surface area contributed by atoms with Crippen LogP contribution in [0.2, 0.25) is 0 Å². The first-order valence-corrected chi connectivity index (χ1v) is 6.04. The van der Waals surface area contributed by atoms with Crippen LogP contribution < -0.4 is 0 Å². The zero-order valence-electron chi connectivity index (χ0n) is 10.6. The van der Waals surface area contributed by atoms with Gasteiger partial charge in [-0.3, -0.25) is 4.68 Å². The van der Waals surface area contributed by atoms with Gasteiger partial charge in [-0.05, 0) is 25.6 Å². The maximum absolute atomic E-state index is 9.88. The zero-order chi connectivity index (χ0) is 12.0. The summed E-state index contributed by atoms with van der Waals surface area (Å²) in [6.45, 7) is 7.35. The van der Waals surface area contributed by atoms with Gasteiger partial charge in [-0.15, -0.1) is 0 Å². The third-order valence-corrected chi connectivity index (χ3v) is 2.89. The van der Waals surface area contributed by atoms with E-state index in [9.17, 15) is 5.11 Å². The minimum Gasteiger partial charge on any atom is -0.393 e. The fraction of sp³-hybridized carbons (Fsp3) is 0.750. The van der Waals surface area contributed by atoms with E-state index in [0.717, 1.165) is 31.7 Å². The van der Waals surface area contributed by atoms with Crippen molar-refractivity contribution in [2.24, 2.45) is 7.05 Å². The van der Waals surface area contributed by atoms with Crippen LogP contribution in [0.15, 0.2) is 12.3 Å². The summed E-state index contributed by atoms with van der Waals surface area (Å²) in [6, 6.07) is 1.96. The molecule has 1 aromatic heterocycles. The molecule has 1 atom stereocenters. The molecule has 4 heteroatoms. The summed E-state index contributed by atoms with van der Waals surface area (Å²) in [7, 11) is 1.89. The Hall–Kier alpha value is -0.870. The molecule has 0 radical (unpaired) electrons. The molecule has 0 aliphatic carbocycles. The first-order valence-electron chi connectivity index (χ1n) is 6.04. The molecule has 1 unspecified atom stereocenters. The molecular formula is C12H23N3O. The van der Waals surface area contributed by atoms with Gasteiger partial charge in [0.2, 0.25) is 0 Å². The maximum atomic E-state index is 9.88. The third kappa shape index (κ3) is 4.33. The zero-order valence-corrected chi connectivity index (χ0v) is 10.6. The van der Waals surface area contributed by atoms with Gasteiger partial charge in [0.05, 0.1) is 11.8 Å². The lowest BCUT2D eigenvalue weighted by atomic mass is 10.1. The molecule has 0 amide bonds. The van der Waals surface area contributed by atoms with E-state index < -0.39 is 0 Å². The predicted molar refractivity (Wildman–Crippen MR) is 65.3 cm³/mol. The second kappa shape index (κ2) is 6.66. The van der Waals surface area contributed by atoms with E-state index in [1.165, 1.54) is 0 Å². The minimum absolute atomic E-state index is 0.282. The van der Waals surface area contributed by atoms with Crippen molar-refractivity contribution in [1.82, 2.24) is 14.7 Å². The number of hydrogen-bond donors (Lipinski definition) is 1. The highest BCUT2D eigenvalue weighted by Crippen LogP contribution is 2.04. The van der Waals surface area contributed by atoms with E-state index in [4.69, 9.17) is 0 Å². The van der Waals surface area contributed by atoms with Gasteiger partial charge >= 0.3 is 0 Å². The third-order valence-electron chi connectivity index (χ3n) is 2.89. The van der Waals surface area contributed by atoms with Crippen LogP contribution in [-0.2, 0) is 13.5 Å². The summed E-state index contributed by atoms with van der Waals surface area (Å²) in [5.74, 6) is 0. The smallest absolute Gasteiger partial charge is 0.0650 e. The molecule has 0 aromatic carbocycles. The van der Waals surface area contributed by atoms with Crippen LogP contribution in [0.4, 0.5) is 0 Å². The van der Waals surface area contributed by atoms with Gasteiger partial charge in [0.25, 0.3) is 0 Å². The Balaban J connectivity index is 2.27. The number of aryl methyl sites for hydroxylation is 1. The number of aromatic nitrogens is 2. The Kier molecular flexibility index (Phi) is 5.49. The molecule has 4 nitrogen and oxygen atoms in total. The molecule has 0 fully saturated rings. The molecule has 0 saturated heterocycles. The van der Waals surface area contributed by atoms with Crippen molar-refractivity contribution in [2.75, 3.05) is 19.6 Å². The summed E-state index contributed by atoms with van der Waals surface area (Å²) in [5, 5.41) is 14.1. The summed E-state index contributed by atoms with van der Waals surface area (Å²) < 4.78 is 1.77. The molecule has 0 bridgehead atoms. The molecule has 1 aromatic rings. The minimum atomic E-state index is -0.282. The second-order valence-electron chi connectivity index (χ2n) is 4.15. The van der Waals surface area contributed by atoms with Crippen LogP contribution in [-0.4, -0.2) is 45.5 Å². The molecule has 1 N–H and O–H groups in total. The first kappa shape index (κ1) is 13.2. The Bertz CT molecular complexity index is 294. The Morgan fingerprint density at radius 1 is 1.44 bits per heavy atom. The summed E-state index contributed by atoms with van der Waals surface area (Å²) in [6.07, 6.45) is 3.10. The van der Waals surface area contributed by atoms with Crippen molar-refractivity contribution in [1.29, 1.82) is 0 Å². The predicted octanol–water partition coefficient (Wildman–Crippen LogP) is 1.06. The highest BCUT2D eigenvalue weighted by Gasteiger charge is 2.09. The molecule has 92 valence electrons. The largest absolute Gasteiger partial charge is 0.393 e. The average molecular weight is 225 g/mol. The number of aliphatic hydroxyl groups excluding tert-OH is 1. The van der Waals surface area contributed by atoms with E-state index in [0.29, 0.717) is 6.42 Å². The lowest BCUT2D eigenvalue weighted by Gasteiger charge is -2.19. The molecule has 1 heterocycles. The van der Waals surface area contributed by atoms with Gasteiger partial charge in [-0.25, -0.2) is 0 Å². The standard InChI is InChI=1S/C12H23N3O/c1-4-15(5-2)9-7-12(16)10-11-6-8-14(3)13-11/h6,8,12,16H,4-5,7,9-10H2,1-3H3. The number of nitrogens with zero attached hydrogens (tertiary/aromatic N) is 3. The van der Waals surface area contributed by atoms with Crippen molar-refractivity contribution in [2.45, 2.75) is 32.8 Å². The first-order chi connectivity index (χ1) is 7.65. The van der Waals surface area contributed by atoms with E-state index in [1.54, 1.807) is 4.68 Å². The average Bonchev–Trinajstić information content (AvgIpc) is 2.65. The van der Waals surface area contributed by atoms with Crippen LogP contribution in [0.3, 0.4) is 0 Å². The fourth-order valence-electron chi connectivity index (χ4n) is 1.79. The van der Waals surface area contributed by atoms with Gasteiger partial charge < -0.3 is 10.0 Å². The van der Waals surface area contributed by atoms with Crippen LogP contribution in [0, 0.1) is 0 Å². The van der Waals surface area contributed by atoms with Gasteiger partial charge in [0.15, 0.2) is 0 Å². The van der Waals surface area contributed by atoms with E-state index in [1.807, 2.05) is 19.3 Å². The van der Waals surface area contributed by atoms with Crippen LogP contribution >= 0.6 is 0 Å². The lowest BCUT2D eigenvalue weighted by molar-refractivity contribution is 0.142. The monoisotopic (exact) mass is 225 g/mol. The van der Waals surface area contributed by atoms with E-state index >= 15 is 0 Å². The maximum Gasteiger partial charge on any atom is 0.0650 e. The summed E-state index contributed by atoms with van der Waals surface area (Å²) in [4.78, 5) is 2.32. The SMILES string of the molecule is CCN(CC)CCC(O)Cc1ccn(C)n1. The fourth-order valence-corrected chi connectivity index (χ4v) is 1.79.